The molecule has 0 bridgehead atoms. The lowest BCUT2D eigenvalue weighted by Gasteiger charge is -2.04. The average Bonchev–Trinajstić information content (AvgIpc) is 2.97. The van der Waals surface area contributed by atoms with Gasteiger partial charge in [0.15, 0.2) is 5.16 Å². The summed E-state index contributed by atoms with van der Waals surface area (Å²) < 4.78 is 2.10. The number of nitrogens with zero attached hydrogens (tertiary/aromatic N) is 3. The average molecular weight is 373 g/mol. The van der Waals surface area contributed by atoms with E-state index in [1.54, 1.807) is 18.3 Å². The number of hydrogen-bond acceptors (Lipinski definition) is 4. The fourth-order valence-electron chi connectivity index (χ4n) is 2.40. The highest BCUT2D eigenvalue weighted by molar-refractivity contribution is 7.99. The first-order chi connectivity index (χ1) is 12.2. The van der Waals surface area contributed by atoms with Crippen LogP contribution in [0.1, 0.15) is 12.5 Å². The van der Waals surface area contributed by atoms with Gasteiger partial charge in [-0.3, -0.25) is 4.79 Å². The van der Waals surface area contributed by atoms with Crippen molar-refractivity contribution in [3.8, 4) is 0 Å². The van der Waals surface area contributed by atoms with Gasteiger partial charge in [-0.1, -0.05) is 47.6 Å². The minimum Gasteiger partial charge on any atom is -0.319 e. The van der Waals surface area contributed by atoms with Crippen molar-refractivity contribution in [2.24, 2.45) is 5.10 Å². The summed E-state index contributed by atoms with van der Waals surface area (Å²) in [5, 5.41) is 5.42. The second-order valence-electron chi connectivity index (χ2n) is 5.26. The summed E-state index contributed by atoms with van der Waals surface area (Å²) in [7, 11) is 0. The van der Waals surface area contributed by atoms with Crippen molar-refractivity contribution in [3.05, 3.63) is 59.1 Å². The summed E-state index contributed by atoms with van der Waals surface area (Å²) in [6.07, 6.45) is 1.57. The minimum atomic E-state index is -0.182. The monoisotopic (exact) mass is 372 g/mol. The Morgan fingerprint density at radius 1 is 1.32 bits per heavy atom. The molecule has 7 heteroatoms. The minimum absolute atomic E-state index is 0.182. The SMILES string of the molecule is CCn1c(SCC(=O)NN=Cc2cccc(Cl)c2)nc2ccccc21. The number of benzene rings is 2. The van der Waals surface area contributed by atoms with E-state index < -0.39 is 0 Å². The smallest absolute Gasteiger partial charge is 0.250 e. The van der Waals surface area contributed by atoms with Crippen LogP contribution < -0.4 is 5.43 Å². The second kappa shape index (κ2) is 8.18. The zero-order valence-electron chi connectivity index (χ0n) is 13.6. The fraction of sp³-hybridized carbons (Fsp3) is 0.167. The molecule has 0 saturated carbocycles. The number of carbonyl (C=O) groups is 1. The molecule has 0 spiro atoms. The van der Waals surface area contributed by atoms with E-state index in [-0.39, 0.29) is 11.7 Å². The lowest BCUT2D eigenvalue weighted by molar-refractivity contribution is -0.118. The van der Waals surface area contributed by atoms with Crippen LogP contribution in [0.25, 0.3) is 11.0 Å². The number of aromatic nitrogens is 2. The summed E-state index contributed by atoms with van der Waals surface area (Å²) in [6, 6.07) is 15.2. The largest absolute Gasteiger partial charge is 0.319 e. The van der Waals surface area contributed by atoms with Crippen LogP contribution >= 0.6 is 23.4 Å². The van der Waals surface area contributed by atoms with E-state index in [9.17, 15) is 4.79 Å². The van der Waals surface area contributed by atoms with Crippen molar-refractivity contribution in [1.29, 1.82) is 0 Å². The molecular formula is C18H17ClN4OS. The molecule has 3 rings (SSSR count). The number of hydrazone groups is 1. The van der Waals surface area contributed by atoms with Gasteiger partial charge in [-0.25, -0.2) is 10.4 Å². The summed E-state index contributed by atoms with van der Waals surface area (Å²) in [4.78, 5) is 16.6. The van der Waals surface area contributed by atoms with Crippen LogP contribution in [-0.2, 0) is 11.3 Å². The summed E-state index contributed by atoms with van der Waals surface area (Å²) >= 11 is 7.30. The predicted molar refractivity (Wildman–Crippen MR) is 103 cm³/mol. The van der Waals surface area contributed by atoms with Gasteiger partial charge in [-0.2, -0.15) is 5.10 Å². The van der Waals surface area contributed by atoms with Crippen LogP contribution in [0.2, 0.25) is 5.02 Å². The highest BCUT2D eigenvalue weighted by Gasteiger charge is 2.11. The summed E-state index contributed by atoms with van der Waals surface area (Å²) in [5.74, 6) is 0.0638. The van der Waals surface area contributed by atoms with Gasteiger partial charge in [-0.15, -0.1) is 0 Å². The van der Waals surface area contributed by atoms with Crippen LogP contribution in [-0.4, -0.2) is 27.4 Å². The second-order valence-corrected chi connectivity index (χ2v) is 6.64. The Balaban J connectivity index is 1.59. The quantitative estimate of drug-likeness (QED) is 0.405. The number of hydrogen-bond donors (Lipinski definition) is 1. The molecule has 0 fully saturated rings. The lowest BCUT2D eigenvalue weighted by Crippen LogP contribution is -2.20. The predicted octanol–water partition coefficient (Wildman–Crippen LogP) is 3.95. The Hall–Kier alpha value is -2.31. The van der Waals surface area contributed by atoms with Crippen molar-refractivity contribution in [1.82, 2.24) is 15.0 Å². The first kappa shape index (κ1) is 17.5. The van der Waals surface area contributed by atoms with Gasteiger partial charge in [-0.05, 0) is 36.8 Å². The van der Waals surface area contributed by atoms with Gasteiger partial charge in [0.25, 0.3) is 5.91 Å². The molecule has 0 saturated heterocycles. The number of thioether (sulfide) groups is 1. The van der Waals surface area contributed by atoms with Crippen molar-refractivity contribution < 1.29 is 4.79 Å². The van der Waals surface area contributed by atoms with Gasteiger partial charge >= 0.3 is 0 Å². The Labute approximate surface area is 155 Å². The molecule has 1 aromatic heterocycles. The molecule has 1 amide bonds. The number of carbonyl (C=O) groups excluding carboxylic acids is 1. The third kappa shape index (κ3) is 4.41. The standard InChI is InChI=1S/C18H17ClN4OS/c1-2-23-16-9-4-3-8-15(16)21-18(23)25-12-17(24)22-20-11-13-6-5-7-14(19)10-13/h3-11H,2,12H2,1H3,(H,22,24). The lowest BCUT2D eigenvalue weighted by atomic mass is 10.2. The number of halogens is 1. The van der Waals surface area contributed by atoms with Gasteiger partial charge in [0, 0.05) is 11.6 Å². The van der Waals surface area contributed by atoms with E-state index in [0.29, 0.717) is 5.02 Å². The van der Waals surface area contributed by atoms with E-state index in [1.165, 1.54) is 11.8 Å². The molecule has 0 aliphatic carbocycles. The molecule has 0 aliphatic heterocycles. The molecule has 2 aromatic carbocycles. The van der Waals surface area contributed by atoms with Crippen molar-refractivity contribution >= 4 is 46.5 Å². The van der Waals surface area contributed by atoms with E-state index in [4.69, 9.17) is 11.6 Å². The number of nitrogens with one attached hydrogen (secondary N) is 1. The molecule has 25 heavy (non-hydrogen) atoms. The van der Waals surface area contributed by atoms with Gasteiger partial charge in [0.05, 0.1) is 23.0 Å². The maximum absolute atomic E-state index is 12.0. The van der Waals surface area contributed by atoms with E-state index in [1.807, 2.05) is 36.4 Å². The van der Waals surface area contributed by atoms with Crippen LogP contribution in [0.3, 0.4) is 0 Å². The molecule has 3 aromatic rings. The number of fused-ring (bicyclic) bond motifs is 1. The Bertz CT molecular complexity index is 922. The number of imidazole rings is 1. The van der Waals surface area contributed by atoms with Gasteiger partial charge in [0.1, 0.15) is 0 Å². The molecule has 5 nitrogen and oxygen atoms in total. The zero-order valence-corrected chi connectivity index (χ0v) is 15.2. The molecule has 0 atom stereocenters. The molecule has 0 unspecified atom stereocenters. The highest BCUT2D eigenvalue weighted by atomic mass is 35.5. The maximum atomic E-state index is 12.0. The first-order valence-corrected chi connectivity index (χ1v) is 9.19. The Kier molecular flexibility index (Phi) is 5.73. The van der Waals surface area contributed by atoms with Crippen molar-refractivity contribution in [3.63, 3.8) is 0 Å². The van der Waals surface area contributed by atoms with E-state index >= 15 is 0 Å². The van der Waals surface area contributed by atoms with Crippen LogP contribution in [0.15, 0.2) is 58.8 Å². The van der Waals surface area contributed by atoms with Crippen LogP contribution in [0, 0.1) is 0 Å². The van der Waals surface area contributed by atoms with Crippen LogP contribution in [0.4, 0.5) is 0 Å². The topological polar surface area (TPSA) is 59.3 Å². The molecule has 128 valence electrons. The zero-order chi connectivity index (χ0) is 17.6. The number of rotatable bonds is 6. The molecule has 0 radical (unpaired) electrons. The van der Waals surface area contributed by atoms with Crippen molar-refractivity contribution in [2.75, 3.05) is 5.75 Å². The number of amides is 1. The summed E-state index contributed by atoms with van der Waals surface area (Å²) in [6.45, 7) is 2.87. The molecule has 1 N–H and O–H groups in total. The van der Waals surface area contributed by atoms with Crippen LogP contribution in [0.5, 0.6) is 0 Å². The first-order valence-electron chi connectivity index (χ1n) is 7.83. The maximum Gasteiger partial charge on any atom is 0.250 e. The third-order valence-corrected chi connectivity index (χ3v) is 4.73. The molecular weight excluding hydrogens is 356 g/mol. The normalized spacial score (nSPS) is 11.3. The number of aryl methyl sites for hydroxylation is 1. The third-order valence-electron chi connectivity index (χ3n) is 3.52. The van der Waals surface area contributed by atoms with Gasteiger partial charge in [0.2, 0.25) is 0 Å². The van der Waals surface area contributed by atoms with E-state index in [2.05, 4.69) is 27.0 Å². The van der Waals surface area contributed by atoms with Gasteiger partial charge < -0.3 is 4.57 Å². The van der Waals surface area contributed by atoms with Crippen molar-refractivity contribution in [2.45, 2.75) is 18.6 Å². The fourth-order valence-corrected chi connectivity index (χ4v) is 3.47. The molecule has 1 heterocycles. The number of para-hydroxylation sites is 2. The Morgan fingerprint density at radius 2 is 2.16 bits per heavy atom. The Morgan fingerprint density at radius 3 is 2.96 bits per heavy atom. The van der Waals surface area contributed by atoms with E-state index in [0.717, 1.165) is 28.3 Å². The highest BCUT2D eigenvalue weighted by Crippen LogP contribution is 2.23. The summed E-state index contributed by atoms with van der Waals surface area (Å²) in [5.41, 5.74) is 5.36. The molecule has 0 aliphatic rings.